The maximum atomic E-state index is 12.4. The van der Waals surface area contributed by atoms with Gasteiger partial charge in [0.25, 0.3) is 0 Å². The summed E-state index contributed by atoms with van der Waals surface area (Å²) >= 11 is 0. The number of nitriles is 1. The predicted octanol–water partition coefficient (Wildman–Crippen LogP) is 3.05. The number of aromatic nitrogens is 2. The third-order valence-corrected chi connectivity index (χ3v) is 2.76. The van der Waals surface area contributed by atoms with Gasteiger partial charge in [-0.15, -0.1) is 0 Å². The molecule has 2 rings (SSSR count). The van der Waals surface area contributed by atoms with Crippen LogP contribution in [0.15, 0.2) is 36.7 Å². The van der Waals surface area contributed by atoms with Gasteiger partial charge in [0.15, 0.2) is 0 Å². The van der Waals surface area contributed by atoms with Gasteiger partial charge >= 0.3 is 6.18 Å². The second kappa shape index (κ2) is 6.31. The number of hydrogen-bond donors (Lipinski definition) is 0. The molecule has 2 aromatic rings. The van der Waals surface area contributed by atoms with E-state index in [0.29, 0.717) is 12.2 Å². The third-order valence-electron chi connectivity index (χ3n) is 2.76. The lowest BCUT2D eigenvalue weighted by molar-refractivity contribution is -0.137. The molecular weight excluding hydrogens is 283 g/mol. The van der Waals surface area contributed by atoms with Crippen LogP contribution >= 0.6 is 0 Å². The van der Waals surface area contributed by atoms with Crippen LogP contribution in [-0.4, -0.2) is 16.4 Å². The van der Waals surface area contributed by atoms with Crippen LogP contribution in [0, 0.1) is 11.3 Å². The zero-order chi connectivity index (χ0) is 15.3. The average Bonchev–Trinajstić information content (AvgIpc) is 2.90. The van der Waals surface area contributed by atoms with E-state index in [1.165, 1.54) is 4.68 Å². The minimum atomic E-state index is -4.38. The van der Waals surface area contributed by atoms with Gasteiger partial charge in [0.05, 0.1) is 30.8 Å². The van der Waals surface area contributed by atoms with Crippen molar-refractivity contribution in [1.82, 2.24) is 9.78 Å². The monoisotopic (exact) mass is 295 g/mol. The van der Waals surface area contributed by atoms with E-state index in [1.807, 2.05) is 6.07 Å². The number of halogens is 3. The number of rotatable bonds is 5. The van der Waals surface area contributed by atoms with Gasteiger partial charge < -0.3 is 4.74 Å². The highest BCUT2D eigenvalue weighted by molar-refractivity contribution is 5.28. The molecule has 21 heavy (non-hydrogen) atoms. The molecule has 0 saturated heterocycles. The largest absolute Gasteiger partial charge is 0.492 e. The molecule has 0 aliphatic heterocycles. The molecule has 4 nitrogen and oxygen atoms in total. The Bertz CT molecular complexity index is 626. The summed E-state index contributed by atoms with van der Waals surface area (Å²) in [6.45, 7) is 0.423. The first kappa shape index (κ1) is 14.9. The van der Waals surface area contributed by atoms with Crippen LogP contribution in [-0.2, 0) is 19.1 Å². The van der Waals surface area contributed by atoms with E-state index in [0.717, 1.165) is 18.0 Å². The smallest absolute Gasteiger partial charge is 0.419 e. The van der Waals surface area contributed by atoms with Gasteiger partial charge in [-0.2, -0.15) is 23.5 Å². The number of hydrogen-bond acceptors (Lipinski definition) is 3. The topological polar surface area (TPSA) is 50.8 Å². The molecule has 0 aliphatic rings. The summed E-state index contributed by atoms with van der Waals surface area (Å²) in [7, 11) is 0. The van der Waals surface area contributed by atoms with E-state index in [4.69, 9.17) is 10.00 Å². The second-order valence-electron chi connectivity index (χ2n) is 4.32. The number of benzene rings is 1. The van der Waals surface area contributed by atoms with Crippen molar-refractivity contribution in [3.8, 4) is 11.8 Å². The van der Waals surface area contributed by atoms with Gasteiger partial charge in [0.2, 0.25) is 0 Å². The standard InChI is InChI=1S/C14H12F3N3O/c15-14(16,17)12-9-19-20(10-12)7-8-21-13-3-1-11(2-4-13)5-6-18/h1-4,9-10H,5,7-8H2. The Kier molecular flexibility index (Phi) is 4.48. The molecule has 110 valence electrons. The Morgan fingerprint density at radius 3 is 2.52 bits per heavy atom. The minimum absolute atomic E-state index is 0.205. The lowest BCUT2D eigenvalue weighted by atomic mass is 10.2. The predicted molar refractivity (Wildman–Crippen MR) is 68.5 cm³/mol. The number of ether oxygens (including phenoxy) is 1. The molecule has 0 amide bonds. The molecule has 0 aliphatic carbocycles. The van der Waals surface area contributed by atoms with Gasteiger partial charge in [-0.05, 0) is 17.7 Å². The highest BCUT2D eigenvalue weighted by atomic mass is 19.4. The molecule has 0 atom stereocenters. The minimum Gasteiger partial charge on any atom is -0.492 e. The maximum absolute atomic E-state index is 12.4. The molecule has 0 bridgehead atoms. The summed E-state index contributed by atoms with van der Waals surface area (Å²) in [5, 5.41) is 12.2. The van der Waals surface area contributed by atoms with Crippen LogP contribution in [0.4, 0.5) is 13.2 Å². The van der Waals surface area contributed by atoms with Gasteiger partial charge in [-0.3, -0.25) is 4.68 Å². The lowest BCUT2D eigenvalue weighted by Crippen LogP contribution is -2.09. The highest BCUT2D eigenvalue weighted by Gasteiger charge is 2.32. The summed E-state index contributed by atoms with van der Waals surface area (Å²) in [5.41, 5.74) is 0.107. The molecule has 0 N–H and O–H groups in total. The van der Waals surface area contributed by atoms with Crippen molar-refractivity contribution in [1.29, 1.82) is 5.26 Å². The third kappa shape index (κ3) is 4.24. The van der Waals surface area contributed by atoms with Crippen LogP contribution in [0.1, 0.15) is 11.1 Å². The Hall–Kier alpha value is -2.49. The van der Waals surface area contributed by atoms with Crippen molar-refractivity contribution in [3.63, 3.8) is 0 Å². The normalized spacial score (nSPS) is 11.1. The van der Waals surface area contributed by atoms with Crippen LogP contribution in [0.25, 0.3) is 0 Å². The first-order chi connectivity index (χ1) is 9.99. The van der Waals surface area contributed by atoms with Crippen molar-refractivity contribution in [2.45, 2.75) is 19.1 Å². The quantitative estimate of drug-likeness (QED) is 0.852. The van der Waals surface area contributed by atoms with Gasteiger partial charge in [0, 0.05) is 6.20 Å². The SMILES string of the molecule is N#CCc1ccc(OCCn2cc(C(F)(F)F)cn2)cc1. The summed E-state index contributed by atoms with van der Waals surface area (Å²) in [5.74, 6) is 0.597. The van der Waals surface area contributed by atoms with Crippen LogP contribution in [0.3, 0.4) is 0 Å². The molecule has 0 spiro atoms. The molecule has 0 radical (unpaired) electrons. The highest BCUT2D eigenvalue weighted by Crippen LogP contribution is 2.28. The molecular formula is C14H12F3N3O. The average molecular weight is 295 g/mol. The molecule has 7 heteroatoms. The second-order valence-corrected chi connectivity index (χ2v) is 4.32. The molecule has 0 unspecified atom stereocenters. The lowest BCUT2D eigenvalue weighted by Gasteiger charge is -2.07. The Balaban J connectivity index is 1.84. The first-order valence-corrected chi connectivity index (χ1v) is 6.17. The zero-order valence-corrected chi connectivity index (χ0v) is 11.0. The fourth-order valence-corrected chi connectivity index (χ4v) is 1.68. The molecule has 1 aromatic carbocycles. The van der Waals surface area contributed by atoms with E-state index in [1.54, 1.807) is 24.3 Å². The van der Waals surface area contributed by atoms with Gasteiger partial charge in [0.1, 0.15) is 12.4 Å². The van der Waals surface area contributed by atoms with Gasteiger partial charge in [-0.25, -0.2) is 0 Å². The van der Waals surface area contributed by atoms with E-state index in [9.17, 15) is 13.2 Å². The van der Waals surface area contributed by atoms with Crippen LogP contribution in [0.5, 0.6) is 5.75 Å². The van der Waals surface area contributed by atoms with Crippen molar-refractivity contribution < 1.29 is 17.9 Å². The van der Waals surface area contributed by atoms with Crippen molar-refractivity contribution in [2.24, 2.45) is 0 Å². The van der Waals surface area contributed by atoms with Gasteiger partial charge in [-0.1, -0.05) is 12.1 Å². The molecule has 0 saturated carbocycles. The fourth-order valence-electron chi connectivity index (χ4n) is 1.68. The van der Waals surface area contributed by atoms with Crippen LogP contribution in [0.2, 0.25) is 0 Å². The summed E-state index contributed by atoms with van der Waals surface area (Å²) in [6, 6.07) is 9.02. The summed E-state index contributed by atoms with van der Waals surface area (Å²) in [4.78, 5) is 0. The van der Waals surface area contributed by atoms with Crippen LogP contribution < -0.4 is 4.74 Å². The first-order valence-electron chi connectivity index (χ1n) is 6.17. The summed E-state index contributed by atoms with van der Waals surface area (Å²) < 4.78 is 43.7. The van der Waals surface area contributed by atoms with E-state index >= 15 is 0 Å². The number of nitrogens with zero attached hydrogens (tertiary/aromatic N) is 3. The van der Waals surface area contributed by atoms with Crippen molar-refractivity contribution in [3.05, 3.63) is 47.8 Å². The Morgan fingerprint density at radius 2 is 1.95 bits per heavy atom. The zero-order valence-electron chi connectivity index (χ0n) is 11.0. The van der Waals surface area contributed by atoms with E-state index < -0.39 is 11.7 Å². The van der Waals surface area contributed by atoms with Crippen molar-refractivity contribution in [2.75, 3.05) is 6.61 Å². The molecule has 1 aromatic heterocycles. The number of alkyl halides is 3. The summed E-state index contributed by atoms with van der Waals surface area (Å²) in [6.07, 6.45) is -2.32. The fraction of sp³-hybridized carbons (Fsp3) is 0.286. The van der Waals surface area contributed by atoms with E-state index in [-0.39, 0.29) is 13.2 Å². The maximum Gasteiger partial charge on any atom is 0.419 e. The Morgan fingerprint density at radius 1 is 1.24 bits per heavy atom. The molecule has 0 fully saturated rings. The molecule has 1 heterocycles. The van der Waals surface area contributed by atoms with Crippen molar-refractivity contribution >= 4 is 0 Å². The Labute approximate surface area is 119 Å². The van der Waals surface area contributed by atoms with E-state index in [2.05, 4.69) is 5.10 Å².